The van der Waals surface area contributed by atoms with Crippen LogP contribution in [0.5, 0.6) is 0 Å². The molecule has 1 spiro atoms. The first kappa shape index (κ1) is 16.2. The first-order chi connectivity index (χ1) is 9.29. The van der Waals surface area contributed by atoms with Gasteiger partial charge in [-0.05, 0) is 32.9 Å². The molecule has 1 N–H and O–H groups in total. The minimum atomic E-state index is -0.316. The standard InChI is InChI=1S/C16H32N2O2/c1-12(15(2,3)4)18(6)14-11-16(19-9-10-20-16)8-7-13(14)17-5/h12-14,17H,7-11H2,1-6H3. The summed E-state index contributed by atoms with van der Waals surface area (Å²) < 4.78 is 11.9. The van der Waals surface area contributed by atoms with Gasteiger partial charge in [0.15, 0.2) is 5.79 Å². The second kappa shape index (κ2) is 5.91. The van der Waals surface area contributed by atoms with Crippen molar-refractivity contribution in [2.24, 2.45) is 5.41 Å². The van der Waals surface area contributed by atoms with Crippen LogP contribution in [0.1, 0.15) is 47.0 Å². The number of ether oxygens (including phenoxy) is 2. The van der Waals surface area contributed by atoms with Crippen molar-refractivity contribution in [1.82, 2.24) is 10.2 Å². The van der Waals surface area contributed by atoms with Gasteiger partial charge in [0.1, 0.15) is 0 Å². The molecule has 0 bridgehead atoms. The Hall–Kier alpha value is -0.160. The molecule has 2 rings (SSSR count). The summed E-state index contributed by atoms with van der Waals surface area (Å²) >= 11 is 0. The van der Waals surface area contributed by atoms with Gasteiger partial charge in [-0.25, -0.2) is 0 Å². The maximum atomic E-state index is 5.94. The summed E-state index contributed by atoms with van der Waals surface area (Å²) in [6.07, 6.45) is 3.09. The van der Waals surface area contributed by atoms with E-state index in [4.69, 9.17) is 9.47 Å². The zero-order valence-electron chi connectivity index (χ0n) is 14.0. The lowest BCUT2D eigenvalue weighted by atomic mass is 9.81. The Labute approximate surface area is 124 Å². The van der Waals surface area contributed by atoms with Crippen LogP contribution in [0.25, 0.3) is 0 Å². The van der Waals surface area contributed by atoms with Crippen molar-refractivity contribution in [2.75, 3.05) is 27.3 Å². The highest BCUT2D eigenvalue weighted by molar-refractivity contribution is 4.97. The summed E-state index contributed by atoms with van der Waals surface area (Å²) in [5.74, 6) is -0.316. The highest BCUT2D eigenvalue weighted by Crippen LogP contribution is 2.39. The van der Waals surface area contributed by atoms with Crippen molar-refractivity contribution >= 4 is 0 Å². The van der Waals surface area contributed by atoms with Crippen LogP contribution in [0.2, 0.25) is 0 Å². The second-order valence-electron chi connectivity index (χ2n) is 7.52. The topological polar surface area (TPSA) is 33.7 Å². The summed E-state index contributed by atoms with van der Waals surface area (Å²) in [6, 6.07) is 1.49. The van der Waals surface area contributed by atoms with E-state index in [1.165, 1.54) is 0 Å². The minimum absolute atomic E-state index is 0.273. The van der Waals surface area contributed by atoms with Crippen LogP contribution < -0.4 is 5.32 Å². The molecule has 3 atom stereocenters. The third kappa shape index (κ3) is 3.19. The lowest BCUT2D eigenvalue weighted by Crippen LogP contribution is -2.59. The highest BCUT2D eigenvalue weighted by atomic mass is 16.7. The van der Waals surface area contributed by atoms with Crippen LogP contribution in [-0.2, 0) is 9.47 Å². The van der Waals surface area contributed by atoms with Gasteiger partial charge in [0.2, 0.25) is 0 Å². The van der Waals surface area contributed by atoms with E-state index in [2.05, 4.69) is 52.0 Å². The van der Waals surface area contributed by atoms with Crippen LogP contribution in [-0.4, -0.2) is 56.1 Å². The molecule has 0 aromatic carbocycles. The zero-order valence-corrected chi connectivity index (χ0v) is 14.0. The molecular weight excluding hydrogens is 252 g/mol. The van der Waals surface area contributed by atoms with E-state index in [9.17, 15) is 0 Å². The number of nitrogens with one attached hydrogen (secondary N) is 1. The fourth-order valence-electron chi connectivity index (χ4n) is 3.55. The average molecular weight is 284 g/mol. The van der Waals surface area contributed by atoms with E-state index in [-0.39, 0.29) is 11.2 Å². The molecule has 0 aromatic heterocycles. The van der Waals surface area contributed by atoms with Gasteiger partial charge in [0.25, 0.3) is 0 Å². The molecule has 1 saturated carbocycles. The molecule has 1 aliphatic carbocycles. The number of hydrogen-bond acceptors (Lipinski definition) is 4. The van der Waals surface area contributed by atoms with Gasteiger partial charge in [0, 0.05) is 31.0 Å². The summed E-state index contributed by atoms with van der Waals surface area (Å²) in [5, 5.41) is 3.49. The quantitative estimate of drug-likeness (QED) is 0.862. The SMILES string of the molecule is CNC1CCC2(CC1N(C)C(C)C(C)(C)C)OCCO2. The van der Waals surface area contributed by atoms with Crippen LogP contribution in [0, 0.1) is 5.41 Å². The smallest absolute Gasteiger partial charge is 0.170 e. The Morgan fingerprint density at radius 2 is 1.85 bits per heavy atom. The van der Waals surface area contributed by atoms with Crippen LogP contribution in [0.3, 0.4) is 0 Å². The van der Waals surface area contributed by atoms with Crippen molar-refractivity contribution in [3.8, 4) is 0 Å². The van der Waals surface area contributed by atoms with E-state index in [1.54, 1.807) is 0 Å². The number of nitrogens with zero attached hydrogens (tertiary/aromatic N) is 1. The molecule has 0 radical (unpaired) electrons. The van der Waals surface area contributed by atoms with Crippen molar-refractivity contribution in [3.63, 3.8) is 0 Å². The van der Waals surface area contributed by atoms with Gasteiger partial charge in [-0.15, -0.1) is 0 Å². The Kier molecular flexibility index (Phi) is 4.80. The first-order valence-electron chi connectivity index (χ1n) is 7.96. The molecule has 1 aliphatic heterocycles. The Morgan fingerprint density at radius 3 is 2.35 bits per heavy atom. The Bertz CT molecular complexity index is 321. The maximum absolute atomic E-state index is 5.94. The molecule has 1 saturated heterocycles. The summed E-state index contributed by atoms with van der Waals surface area (Å²) in [5.41, 5.74) is 0.273. The summed E-state index contributed by atoms with van der Waals surface area (Å²) in [7, 11) is 4.32. The predicted molar refractivity (Wildman–Crippen MR) is 81.8 cm³/mol. The summed E-state index contributed by atoms with van der Waals surface area (Å²) in [4.78, 5) is 2.52. The fourth-order valence-corrected chi connectivity index (χ4v) is 3.55. The molecule has 118 valence electrons. The third-order valence-electron chi connectivity index (χ3n) is 5.39. The maximum Gasteiger partial charge on any atom is 0.170 e. The Morgan fingerprint density at radius 1 is 1.25 bits per heavy atom. The van der Waals surface area contributed by atoms with E-state index in [0.29, 0.717) is 18.1 Å². The molecule has 0 aromatic rings. The lowest BCUT2D eigenvalue weighted by Gasteiger charge is -2.48. The van der Waals surface area contributed by atoms with Gasteiger partial charge in [-0.2, -0.15) is 0 Å². The normalized spacial score (nSPS) is 31.9. The molecule has 0 amide bonds. The monoisotopic (exact) mass is 284 g/mol. The largest absolute Gasteiger partial charge is 0.347 e. The van der Waals surface area contributed by atoms with Crippen LogP contribution in [0.15, 0.2) is 0 Å². The average Bonchev–Trinajstić information content (AvgIpc) is 2.84. The van der Waals surface area contributed by atoms with Crippen molar-refractivity contribution < 1.29 is 9.47 Å². The molecule has 3 unspecified atom stereocenters. The molecular formula is C16H32N2O2. The van der Waals surface area contributed by atoms with Crippen molar-refractivity contribution in [3.05, 3.63) is 0 Å². The van der Waals surface area contributed by atoms with Crippen LogP contribution >= 0.6 is 0 Å². The second-order valence-corrected chi connectivity index (χ2v) is 7.52. The molecule has 20 heavy (non-hydrogen) atoms. The predicted octanol–water partition coefficient (Wildman–Crippen LogP) is 2.24. The number of hydrogen-bond donors (Lipinski definition) is 1. The molecule has 4 nitrogen and oxygen atoms in total. The van der Waals surface area contributed by atoms with Crippen LogP contribution in [0.4, 0.5) is 0 Å². The van der Waals surface area contributed by atoms with Gasteiger partial charge < -0.3 is 14.8 Å². The molecule has 1 heterocycles. The van der Waals surface area contributed by atoms with Gasteiger partial charge in [-0.1, -0.05) is 20.8 Å². The fraction of sp³-hybridized carbons (Fsp3) is 1.00. The minimum Gasteiger partial charge on any atom is -0.347 e. The van der Waals surface area contributed by atoms with E-state index in [0.717, 1.165) is 32.5 Å². The van der Waals surface area contributed by atoms with Crippen molar-refractivity contribution in [1.29, 1.82) is 0 Å². The summed E-state index contributed by atoms with van der Waals surface area (Å²) in [6.45, 7) is 10.7. The van der Waals surface area contributed by atoms with E-state index < -0.39 is 0 Å². The Balaban J connectivity index is 2.12. The first-order valence-corrected chi connectivity index (χ1v) is 7.96. The molecule has 4 heteroatoms. The van der Waals surface area contributed by atoms with Crippen molar-refractivity contribution in [2.45, 2.75) is 70.9 Å². The van der Waals surface area contributed by atoms with E-state index in [1.807, 2.05) is 0 Å². The number of likely N-dealkylation sites (N-methyl/N-ethyl adjacent to an activating group) is 2. The number of rotatable bonds is 3. The third-order valence-corrected chi connectivity index (χ3v) is 5.39. The molecule has 2 fully saturated rings. The molecule has 2 aliphatic rings. The highest BCUT2D eigenvalue weighted by Gasteiger charge is 2.47. The van der Waals surface area contributed by atoms with Gasteiger partial charge in [0.05, 0.1) is 13.2 Å². The van der Waals surface area contributed by atoms with Gasteiger partial charge >= 0.3 is 0 Å². The van der Waals surface area contributed by atoms with E-state index >= 15 is 0 Å². The van der Waals surface area contributed by atoms with Gasteiger partial charge in [-0.3, -0.25) is 4.90 Å². The zero-order chi connectivity index (χ0) is 15.0. The lowest BCUT2D eigenvalue weighted by molar-refractivity contribution is -0.195.